The molecule has 5 bridgehead atoms. The molecule has 6 atom stereocenters. The second-order valence-electron chi connectivity index (χ2n) is 10.7. The number of carbonyl (C=O) groups excluding carboxylic acids is 4. The van der Waals surface area contributed by atoms with Crippen LogP contribution in [0.5, 0.6) is 0 Å². The van der Waals surface area contributed by atoms with Crippen LogP contribution in [0, 0.1) is 11.8 Å². The smallest absolute Gasteiger partial charge is 0.313 e. The predicted molar refractivity (Wildman–Crippen MR) is 144 cm³/mol. The fourth-order valence-electron chi connectivity index (χ4n) is 6.32. The number of ether oxygens (including phenoxy) is 2. The maximum absolute atomic E-state index is 14.2. The average Bonchev–Trinajstić information content (AvgIpc) is 3.60. The SMILES string of the molecule is CCCCN1C/C=C\CCC(=O)NC[C@@H](c2ccccc2)OC(=O)[C@@H]2[C@@H]3C=C[C@]4(O3)[C@H](C1=O)N(CCO)C(=O)[C@@H]24. The number of likely N-dealkylation sites (tertiary alicyclic amines) is 1. The molecule has 1 aromatic rings. The van der Waals surface area contributed by atoms with Gasteiger partial charge >= 0.3 is 5.97 Å². The third-order valence-corrected chi connectivity index (χ3v) is 8.26. The van der Waals surface area contributed by atoms with E-state index in [-0.39, 0.29) is 37.9 Å². The van der Waals surface area contributed by atoms with Crippen LogP contribution in [-0.2, 0) is 28.7 Å². The second kappa shape index (κ2) is 11.9. The minimum absolute atomic E-state index is 0.0484. The molecule has 0 aliphatic carbocycles. The van der Waals surface area contributed by atoms with E-state index in [1.165, 1.54) is 4.90 Å². The van der Waals surface area contributed by atoms with Crippen molar-refractivity contribution in [2.24, 2.45) is 11.8 Å². The highest BCUT2D eigenvalue weighted by atomic mass is 16.6. The van der Waals surface area contributed by atoms with Gasteiger partial charge in [0.05, 0.1) is 25.2 Å². The quantitative estimate of drug-likeness (QED) is 0.406. The summed E-state index contributed by atoms with van der Waals surface area (Å²) in [7, 11) is 0. The Balaban J connectivity index is 1.53. The number of rotatable bonds is 6. The highest BCUT2D eigenvalue weighted by molar-refractivity contribution is 5.99. The highest BCUT2D eigenvalue weighted by Gasteiger charge is 2.73. The zero-order chi connectivity index (χ0) is 28.3. The number of carbonyl (C=O) groups is 4. The molecule has 4 aliphatic rings. The molecule has 4 aliphatic heterocycles. The largest absolute Gasteiger partial charge is 0.455 e. The number of nitrogens with one attached hydrogen (secondary N) is 1. The molecular formula is C30H37N3O7. The molecule has 0 aromatic heterocycles. The number of fused-ring (bicyclic) bond motifs is 2. The van der Waals surface area contributed by atoms with E-state index in [9.17, 15) is 24.3 Å². The molecule has 1 spiro atoms. The number of aliphatic hydroxyl groups is 1. The van der Waals surface area contributed by atoms with Crippen molar-refractivity contribution < 1.29 is 33.8 Å². The lowest BCUT2D eigenvalue weighted by Crippen LogP contribution is -2.56. The monoisotopic (exact) mass is 551 g/mol. The van der Waals surface area contributed by atoms with Gasteiger partial charge in [-0.1, -0.05) is 68.0 Å². The number of allylic oxidation sites excluding steroid dienone is 1. The van der Waals surface area contributed by atoms with E-state index in [0.29, 0.717) is 25.1 Å². The van der Waals surface area contributed by atoms with E-state index < -0.39 is 47.6 Å². The molecule has 0 radical (unpaired) electrons. The van der Waals surface area contributed by atoms with E-state index in [1.807, 2.05) is 49.4 Å². The molecule has 4 heterocycles. The van der Waals surface area contributed by atoms with Crippen LogP contribution >= 0.6 is 0 Å². The minimum atomic E-state index is -1.32. The number of hydrogen-bond donors (Lipinski definition) is 2. The number of hydrogen-bond acceptors (Lipinski definition) is 7. The number of aliphatic hydroxyl groups excluding tert-OH is 1. The van der Waals surface area contributed by atoms with Crippen molar-refractivity contribution in [2.75, 3.05) is 32.8 Å². The summed E-state index contributed by atoms with van der Waals surface area (Å²) >= 11 is 0. The Kier molecular flexibility index (Phi) is 8.37. The number of cyclic esters (lactones) is 1. The van der Waals surface area contributed by atoms with Crippen molar-refractivity contribution in [1.82, 2.24) is 15.1 Å². The zero-order valence-corrected chi connectivity index (χ0v) is 22.7. The van der Waals surface area contributed by atoms with Crippen LogP contribution in [0.3, 0.4) is 0 Å². The van der Waals surface area contributed by atoms with Crippen LogP contribution < -0.4 is 5.32 Å². The molecule has 1 aromatic carbocycles. The molecular weight excluding hydrogens is 514 g/mol. The Labute approximate surface area is 234 Å². The zero-order valence-electron chi connectivity index (χ0n) is 22.7. The van der Waals surface area contributed by atoms with Crippen molar-refractivity contribution >= 4 is 23.7 Å². The summed E-state index contributed by atoms with van der Waals surface area (Å²) in [5, 5.41) is 12.7. The van der Waals surface area contributed by atoms with Crippen LogP contribution in [0.25, 0.3) is 0 Å². The fraction of sp³-hybridized carbons (Fsp3) is 0.533. The van der Waals surface area contributed by atoms with E-state index in [0.717, 1.165) is 12.8 Å². The van der Waals surface area contributed by atoms with E-state index in [2.05, 4.69) is 5.32 Å². The van der Waals surface area contributed by atoms with E-state index >= 15 is 0 Å². The number of amides is 3. The summed E-state index contributed by atoms with van der Waals surface area (Å²) in [6, 6.07) is 8.12. The fourth-order valence-corrected chi connectivity index (χ4v) is 6.32. The second-order valence-corrected chi connectivity index (χ2v) is 10.7. The van der Waals surface area contributed by atoms with Gasteiger partial charge in [0, 0.05) is 26.1 Å². The Hall–Kier alpha value is -3.50. The number of nitrogens with zero attached hydrogens (tertiary/aromatic N) is 2. The van der Waals surface area contributed by atoms with Crippen molar-refractivity contribution in [3.05, 3.63) is 60.2 Å². The first-order valence-electron chi connectivity index (χ1n) is 14.2. The van der Waals surface area contributed by atoms with Gasteiger partial charge < -0.3 is 29.7 Å². The number of benzene rings is 1. The van der Waals surface area contributed by atoms with Gasteiger partial charge in [0.15, 0.2) is 0 Å². The van der Waals surface area contributed by atoms with Crippen LogP contribution in [0.1, 0.15) is 44.3 Å². The van der Waals surface area contributed by atoms with Gasteiger partial charge in [-0.05, 0) is 18.4 Å². The number of β-amino-alcohol motifs (C(OH)–C–C–N with tert-alkyl or cyclic N) is 1. The van der Waals surface area contributed by atoms with Crippen molar-refractivity contribution in [1.29, 1.82) is 0 Å². The van der Waals surface area contributed by atoms with Crippen LogP contribution in [0.2, 0.25) is 0 Å². The molecule has 0 saturated carbocycles. The van der Waals surface area contributed by atoms with Crippen molar-refractivity contribution in [2.45, 2.75) is 56.5 Å². The molecule has 10 heteroatoms. The maximum Gasteiger partial charge on any atom is 0.313 e. The first-order valence-corrected chi connectivity index (χ1v) is 14.2. The van der Waals surface area contributed by atoms with Gasteiger partial charge in [0.1, 0.15) is 23.7 Å². The van der Waals surface area contributed by atoms with Crippen LogP contribution in [0.15, 0.2) is 54.6 Å². The predicted octanol–water partition coefficient (Wildman–Crippen LogP) is 1.51. The number of unbranched alkanes of at least 4 members (excludes halogenated alkanes) is 1. The van der Waals surface area contributed by atoms with Gasteiger partial charge in [-0.15, -0.1) is 0 Å². The molecule has 0 unspecified atom stereocenters. The Morgan fingerprint density at radius 2 is 1.88 bits per heavy atom. The molecule has 3 amide bonds. The lowest BCUT2D eigenvalue weighted by atomic mass is 9.74. The van der Waals surface area contributed by atoms with Gasteiger partial charge in [0.2, 0.25) is 17.7 Å². The molecule has 2 saturated heterocycles. The molecule has 5 rings (SSSR count). The third kappa shape index (κ3) is 5.06. The summed E-state index contributed by atoms with van der Waals surface area (Å²) in [6.45, 7) is 2.54. The average molecular weight is 552 g/mol. The van der Waals surface area contributed by atoms with Crippen LogP contribution in [-0.4, -0.2) is 89.1 Å². The van der Waals surface area contributed by atoms with Crippen LogP contribution in [0.4, 0.5) is 0 Å². The van der Waals surface area contributed by atoms with Gasteiger partial charge in [-0.3, -0.25) is 19.2 Å². The highest BCUT2D eigenvalue weighted by Crippen LogP contribution is 2.55. The minimum Gasteiger partial charge on any atom is -0.455 e. The van der Waals surface area contributed by atoms with Crippen molar-refractivity contribution in [3.8, 4) is 0 Å². The Morgan fingerprint density at radius 3 is 2.62 bits per heavy atom. The van der Waals surface area contributed by atoms with E-state index in [1.54, 1.807) is 17.1 Å². The molecule has 40 heavy (non-hydrogen) atoms. The van der Waals surface area contributed by atoms with Gasteiger partial charge in [-0.2, -0.15) is 0 Å². The first kappa shape index (κ1) is 28.0. The standard InChI is InChI=1S/C30H37N3O7/c1-2-3-15-32-16-9-5-8-12-23(35)31-19-22(20-10-6-4-7-11-20)39-29(38)24-21-13-14-30(40-21)25(24)27(36)33(17-18-34)26(30)28(32)37/h4-7,9-11,13-14,21-22,24-26,34H,2-3,8,12,15-19H2,1H3,(H,31,35)/b9-5-/t21-,22-,24+,25+,26-,30+/m0/s1. The summed E-state index contributed by atoms with van der Waals surface area (Å²) in [5.41, 5.74) is -0.612. The maximum atomic E-state index is 14.2. The molecule has 214 valence electrons. The topological polar surface area (TPSA) is 125 Å². The third-order valence-electron chi connectivity index (χ3n) is 8.26. The summed E-state index contributed by atoms with van der Waals surface area (Å²) in [4.78, 5) is 57.4. The lowest BCUT2D eigenvalue weighted by molar-refractivity contribution is -0.159. The summed E-state index contributed by atoms with van der Waals surface area (Å²) < 4.78 is 12.4. The van der Waals surface area contributed by atoms with Crippen molar-refractivity contribution in [3.63, 3.8) is 0 Å². The van der Waals surface area contributed by atoms with Gasteiger partial charge in [-0.25, -0.2) is 0 Å². The summed E-state index contributed by atoms with van der Waals surface area (Å²) in [5.74, 6) is -3.41. The Bertz CT molecular complexity index is 1190. The normalized spacial score (nSPS) is 33.2. The molecule has 2 fully saturated rings. The Morgan fingerprint density at radius 1 is 1.07 bits per heavy atom. The van der Waals surface area contributed by atoms with Gasteiger partial charge in [0.25, 0.3) is 0 Å². The molecule has 10 nitrogen and oxygen atoms in total. The van der Waals surface area contributed by atoms with E-state index in [4.69, 9.17) is 9.47 Å². The molecule has 2 N–H and O–H groups in total. The number of esters is 1. The lowest BCUT2D eigenvalue weighted by Gasteiger charge is -2.35. The summed E-state index contributed by atoms with van der Waals surface area (Å²) in [6.07, 6.45) is 8.13. The first-order chi connectivity index (χ1) is 19.4.